The number of carbonyl (C=O) groups is 1. The van der Waals surface area contributed by atoms with Crippen molar-refractivity contribution in [3.8, 4) is 0 Å². The van der Waals surface area contributed by atoms with Crippen LogP contribution in [0.4, 0.5) is 5.69 Å². The Balaban J connectivity index is 1.74. The molecule has 3 unspecified atom stereocenters. The maximum absolute atomic E-state index is 12.7. The summed E-state index contributed by atoms with van der Waals surface area (Å²) in [7, 11) is 0. The summed E-state index contributed by atoms with van der Waals surface area (Å²) in [5.41, 5.74) is 3.15. The van der Waals surface area contributed by atoms with Crippen LogP contribution in [0, 0.1) is 11.8 Å². The highest BCUT2D eigenvalue weighted by Crippen LogP contribution is 2.34. The van der Waals surface area contributed by atoms with Crippen LogP contribution in [0.2, 0.25) is 0 Å². The van der Waals surface area contributed by atoms with E-state index in [0.29, 0.717) is 12.0 Å². The number of amides is 1. The van der Waals surface area contributed by atoms with Crippen LogP contribution in [0.5, 0.6) is 0 Å². The lowest BCUT2D eigenvalue weighted by Gasteiger charge is -2.24. The van der Waals surface area contributed by atoms with Gasteiger partial charge in [0.2, 0.25) is 0 Å². The summed E-state index contributed by atoms with van der Waals surface area (Å²) in [6.45, 7) is 5.50. The molecule has 21 heavy (non-hydrogen) atoms. The summed E-state index contributed by atoms with van der Waals surface area (Å²) in [5.74, 6) is 1.44. The molecule has 0 aromatic heterocycles. The van der Waals surface area contributed by atoms with E-state index in [1.807, 2.05) is 12.1 Å². The van der Waals surface area contributed by atoms with Gasteiger partial charge in [-0.25, -0.2) is 0 Å². The Morgan fingerprint density at radius 2 is 2.24 bits per heavy atom. The normalized spacial score (nSPS) is 27.8. The van der Waals surface area contributed by atoms with Crippen molar-refractivity contribution in [3.63, 3.8) is 0 Å². The van der Waals surface area contributed by atoms with Gasteiger partial charge < -0.3 is 10.6 Å². The first-order chi connectivity index (χ1) is 10.2. The molecule has 3 atom stereocenters. The number of nitrogens with one attached hydrogen (secondary N) is 2. The Bertz CT molecular complexity index is 526. The Labute approximate surface area is 127 Å². The second-order valence-corrected chi connectivity index (χ2v) is 6.55. The van der Waals surface area contributed by atoms with Crippen molar-refractivity contribution in [3.05, 3.63) is 29.3 Å². The molecule has 1 aliphatic heterocycles. The van der Waals surface area contributed by atoms with Gasteiger partial charge in [-0.05, 0) is 49.1 Å². The summed E-state index contributed by atoms with van der Waals surface area (Å²) in [4.78, 5) is 12.7. The molecule has 1 saturated carbocycles. The predicted molar refractivity (Wildman–Crippen MR) is 86.7 cm³/mol. The fourth-order valence-corrected chi connectivity index (χ4v) is 3.97. The number of hydrogen-bond donors (Lipinski definition) is 2. The average Bonchev–Trinajstić information content (AvgIpc) is 2.87. The SMILES string of the molecule is CCC1CCC(NC(=O)c2cccc3c2NCCC3)C1C. The summed E-state index contributed by atoms with van der Waals surface area (Å²) in [6.07, 6.45) is 5.80. The minimum atomic E-state index is 0.0925. The van der Waals surface area contributed by atoms with Crippen molar-refractivity contribution in [1.29, 1.82) is 0 Å². The van der Waals surface area contributed by atoms with Crippen molar-refractivity contribution < 1.29 is 4.79 Å². The quantitative estimate of drug-likeness (QED) is 0.891. The number of para-hydroxylation sites is 1. The molecule has 0 bridgehead atoms. The van der Waals surface area contributed by atoms with Gasteiger partial charge in [0, 0.05) is 12.6 Å². The van der Waals surface area contributed by atoms with E-state index >= 15 is 0 Å². The third kappa shape index (κ3) is 2.78. The summed E-state index contributed by atoms with van der Waals surface area (Å²) in [6, 6.07) is 6.42. The van der Waals surface area contributed by atoms with Gasteiger partial charge in [0.05, 0.1) is 11.3 Å². The molecule has 3 rings (SSSR count). The van der Waals surface area contributed by atoms with Crippen molar-refractivity contribution in [1.82, 2.24) is 5.32 Å². The van der Waals surface area contributed by atoms with E-state index < -0.39 is 0 Å². The molecule has 114 valence electrons. The molecule has 1 amide bonds. The first-order valence-electron chi connectivity index (χ1n) is 8.37. The minimum absolute atomic E-state index is 0.0925. The third-order valence-corrected chi connectivity index (χ3v) is 5.39. The largest absolute Gasteiger partial charge is 0.384 e. The Hall–Kier alpha value is -1.51. The van der Waals surface area contributed by atoms with Gasteiger partial charge in [0.15, 0.2) is 0 Å². The summed E-state index contributed by atoms with van der Waals surface area (Å²) >= 11 is 0. The van der Waals surface area contributed by atoms with Gasteiger partial charge in [-0.3, -0.25) is 4.79 Å². The number of rotatable bonds is 3. The second kappa shape index (κ2) is 6.08. The van der Waals surface area contributed by atoms with Crippen molar-refractivity contribution in [2.45, 2.75) is 52.0 Å². The van der Waals surface area contributed by atoms with Crippen LogP contribution in [-0.4, -0.2) is 18.5 Å². The Kier molecular flexibility index (Phi) is 4.18. The van der Waals surface area contributed by atoms with Crippen LogP contribution in [0.1, 0.15) is 55.5 Å². The van der Waals surface area contributed by atoms with Crippen molar-refractivity contribution >= 4 is 11.6 Å². The average molecular weight is 286 g/mol. The number of fused-ring (bicyclic) bond motifs is 1. The Morgan fingerprint density at radius 1 is 1.38 bits per heavy atom. The molecule has 2 aliphatic rings. The third-order valence-electron chi connectivity index (χ3n) is 5.39. The number of hydrogen-bond acceptors (Lipinski definition) is 2. The number of benzene rings is 1. The van der Waals surface area contributed by atoms with Crippen molar-refractivity contribution in [2.75, 3.05) is 11.9 Å². The zero-order valence-electron chi connectivity index (χ0n) is 13.1. The van der Waals surface area contributed by atoms with Crippen LogP contribution in [0.3, 0.4) is 0 Å². The summed E-state index contributed by atoms with van der Waals surface area (Å²) in [5, 5.41) is 6.69. The standard InChI is InChI=1S/C18H26N2O/c1-3-13-9-10-16(12(13)2)20-18(21)15-8-4-6-14-7-5-11-19-17(14)15/h4,6,8,12-13,16,19H,3,5,7,9-11H2,1-2H3,(H,20,21). The van der Waals surface area contributed by atoms with Crippen LogP contribution in [-0.2, 0) is 6.42 Å². The molecule has 1 heterocycles. The van der Waals surface area contributed by atoms with E-state index in [1.165, 1.54) is 18.4 Å². The van der Waals surface area contributed by atoms with E-state index in [1.54, 1.807) is 0 Å². The van der Waals surface area contributed by atoms with E-state index in [0.717, 1.165) is 43.0 Å². The molecule has 0 spiro atoms. The lowest BCUT2D eigenvalue weighted by molar-refractivity contribution is 0.0927. The number of aryl methyl sites for hydroxylation is 1. The van der Waals surface area contributed by atoms with E-state index in [2.05, 4.69) is 30.5 Å². The molecule has 2 N–H and O–H groups in total. The molecule has 1 aromatic carbocycles. The highest BCUT2D eigenvalue weighted by atomic mass is 16.1. The van der Waals surface area contributed by atoms with Crippen LogP contribution in [0.25, 0.3) is 0 Å². The smallest absolute Gasteiger partial charge is 0.253 e. The van der Waals surface area contributed by atoms with Crippen LogP contribution < -0.4 is 10.6 Å². The van der Waals surface area contributed by atoms with Gasteiger partial charge >= 0.3 is 0 Å². The maximum Gasteiger partial charge on any atom is 0.253 e. The molecule has 0 radical (unpaired) electrons. The zero-order chi connectivity index (χ0) is 14.8. The fraction of sp³-hybridized carbons (Fsp3) is 0.611. The topological polar surface area (TPSA) is 41.1 Å². The monoisotopic (exact) mass is 286 g/mol. The first kappa shape index (κ1) is 14.4. The fourth-order valence-electron chi connectivity index (χ4n) is 3.97. The molecule has 1 aliphatic carbocycles. The van der Waals surface area contributed by atoms with E-state index in [4.69, 9.17) is 0 Å². The van der Waals surface area contributed by atoms with Crippen LogP contribution in [0.15, 0.2) is 18.2 Å². The molecular formula is C18H26N2O. The lowest BCUT2D eigenvalue weighted by Crippen LogP contribution is -2.38. The van der Waals surface area contributed by atoms with Gasteiger partial charge in [-0.15, -0.1) is 0 Å². The van der Waals surface area contributed by atoms with Gasteiger partial charge in [-0.1, -0.05) is 32.4 Å². The summed E-state index contributed by atoms with van der Waals surface area (Å²) < 4.78 is 0. The van der Waals surface area contributed by atoms with Crippen molar-refractivity contribution in [2.24, 2.45) is 11.8 Å². The molecule has 1 fully saturated rings. The molecule has 3 heteroatoms. The zero-order valence-corrected chi connectivity index (χ0v) is 13.1. The molecule has 3 nitrogen and oxygen atoms in total. The predicted octanol–water partition coefficient (Wildman–Crippen LogP) is 3.60. The highest BCUT2D eigenvalue weighted by molar-refractivity contribution is 6.00. The number of anilines is 1. The first-order valence-corrected chi connectivity index (χ1v) is 8.37. The van der Waals surface area contributed by atoms with Gasteiger partial charge in [0.25, 0.3) is 5.91 Å². The molecular weight excluding hydrogens is 260 g/mol. The van der Waals surface area contributed by atoms with E-state index in [9.17, 15) is 4.79 Å². The highest BCUT2D eigenvalue weighted by Gasteiger charge is 2.33. The van der Waals surface area contributed by atoms with Gasteiger partial charge in [0.1, 0.15) is 0 Å². The van der Waals surface area contributed by atoms with Crippen LogP contribution >= 0.6 is 0 Å². The molecule has 1 aromatic rings. The number of carbonyl (C=O) groups excluding carboxylic acids is 1. The van der Waals surface area contributed by atoms with E-state index in [-0.39, 0.29) is 5.91 Å². The minimum Gasteiger partial charge on any atom is -0.384 e. The lowest BCUT2D eigenvalue weighted by atomic mass is 9.93. The maximum atomic E-state index is 12.7. The molecule has 0 saturated heterocycles. The van der Waals surface area contributed by atoms with Gasteiger partial charge in [-0.2, -0.15) is 0 Å². The second-order valence-electron chi connectivity index (χ2n) is 6.55. The Morgan fingerprint density at radius 3 is 3.00 bits per heavy atom.